The van der Waals surface area contributed by atoms with Gasteiger partial charge in [0.25, 0.3) is 5.91 Å². The Labute approximate surface area is 137 Å². The molecule has 0 radical (unpaired) electrons. The summed E-state index contributed by atoms with van der Waals surface area (Å²) in [5.41, 5.74) is 2.30. The number of thiazole rings is 1. The van der Waals surface area contributed by atoms with Crippen molar-refractivity contribution in [1.82, 2.24) is 14.5 Å². The number of carbonyl (C=O) groups excluding carboxylic acids is 1. The number of carboxylic acids is 1. The summed E-state index contributed by atoms with van der Waals surface area (Å²) in [7, 11) is 0. The molecular weight excluding hydrogens is 318 g/mol. The van der Waals surface area contributed by atoms with Gasteiger partial charge in [0.1, 0.15) is 0 Å². The number of hydrogen-bond donors (Lipinski definition) is 1. The highest BCUT2D eigenvalue weighted by molar-refractivity contribution is 7.12. The number of nitrogens with zero attached hydrogens (tertiary/aromatic N) is 3. The predicted octanol–water partition coefficient (Wildman–Crippen LogP) is 1.48. The Balaban J connectivity index is 1.89. The summed E-state index contributed by atoms with van der Waals surface area (Å²) in [5, 5.41) is 11.8. The van der Waals surface area contributed by atoms with Gasteiger partial charge in [-0.25, -0.2) is 9.78 Å². The maximum atomic E-state index is 12.8. The lowest BCUT2D eigenvalue weighted by molar-refractivity contribution is -0.154. The van der Waals surface area contributed by atoms with E-state index in [0.29, 0.717) is 12.1 Å². The second-order valence-corrected chi connectivity index (χ2v) is 6.26. The van der Waals surface area contributed by atoms with Crippen LogP contribution in [0.1, 0.15) is 21.7 Å². The van der Waals surface area contributed by atoms with Crippen LogP contribution in [0.3, 0.4) is 0 Å². The van der Waals surface area contributed by atoms with Crippen LogP contribution in [0.4, 0.5) is 0 Å². The molecule has 1 N–H and O–H groups in total. The Kier molecular flexibility index (Phi) is 4.18. The molecule has 1 aliphatic rings. The summed E-state index contributed by atoms with van der Waals surface area (Å²) >= 11 is 1.50. The van der Waals surface area contributed by atoms with Crippen molar-refractivity contribution in [3.63, 3.8) is 0 Å². The van der Waals surface area contributed by atoms with E-state index < -0.39 is 12.1 Å². The first-order valence-corrected chi connectivity index (χ1v) is 8.09. The first-order chi connectivity index (χ1) is 11.0. The molecule has 1 amide bonds. The van der Waals surface area contributed by atoms with Crippen LogP contribution in [0.2, 0.25) is 0 Å². The highest BCUT2D eigenvalue weighted by Crippen LogP contribution is 2.24. The van der Waals surface area contributed by atoms with Crippen molar-refractivity contribution >= 4 is 23.2 Å². The molecule has 1 fully saturated rings. The quantitative estimate of drug-likeness (QED) is 0.918. The van der Waals surface area contributed by atoms with Gasteiger partial charge in [-0.05, 0) is 19.9 Å². The van der Waals surface area contributed by atoms with Gasteiger partial charge in [-0.2, -0.15) is 0 Å². The van der Waals surface area contributed by atoms with E-state index in [4.69, 9.17) is 9.84 Å². The maximum Gasteiger partial charge on any atom is 0.334 e. The van der Waals surface area contributed by atoms with E-state index in [1.807, 2.05) is 29.9 Å². The summed E-state index contributed by atoms with van der Waals surface area (Å²) in [6, 6.07) is 1.82. The van der Waals surface area contributed by atoms with Gasteiger partial charge >= 0.3 is 5.97 Å². The second kappa shape index (κ2) is 6.13. The highest BCUT2D eigenvalue weighted by atomic mass is 32.1. The van der Waals surface area contributed by atoms with Crippen LogP contribution in [0.25, 0.3) is 5.13 Å². The predicted molar refractivity (Wildman–Crippen MR) is 84.2 cm³/mol. The third-order valence-electron chi connectivity index (χ3n) is 3.90. The smallest absolute Gasteiger partial charge is 0.334 e. The van der Waals surface area contributed by atoms with Gasteiger partial charge < -0.3 is 14.7 Å². The third kappa shape index (κ3) is 2.87. The second-order valence-electron chi connectivity index (χ2n) is 5.38. The molecule has 3 heterocycles. The fourth-order valence-electron chi connectivity index (χ4n) is 2.75. The number of amides is 1. The molecule has 23 heavy (non-hydrogen) atoms. The molecule has 2 aromatic rings. The minimum Gasteiger partial charge on any atom is -0.479 e. The van der Waals surface area contributed by atoms with Crippen LogP contribution < -0.4 is 0 Å². The lowest BCUT2D eigenvalue weighted by atomic mass is 10.2. The van der Waals surface area contributed by atoms with E-state index in [1.165, 1.54) is 16.2 Å². The van der Waals surface area contributed by atoms with Crippen molar-refractivity contribution in [3.8, 4) is 5.13 Å². The van der Waals surface area contributed by atoms with E-state index in [0.717, 1.165) is 16.5 Å². The summed E-state index contributed by atoms with van der Waals surface area (Å²) < 4.78 is 7.10. The molecular formula is C15H17N3O4S. The van der Waals surface area contributed by atoms with E-state index in [-0.39, 0.29) is 19.1 Å². The standard InChI is InChI=1S/C15H17N3O4S/c1-9-7-11(10(2)18(9)15-16-3-6-23-15)13(19)17-4-5-22-12(8-17)14(20)21/h3,6-7,12H,4-5,8H2,1-2H3,(H,20,21)/t12-/m1/s1. The SMILES string of the molecule is Cc1cc(C(=O)N2CCO[C@@H](C(=O)O)C2)c(C)n1-c1nccs1. The van der Waals surface area contributed by atoms with Crippen LogP contribution in [-0.4, -0.2) is 57.2 Å². The minimum atomic E-state index is -1.05. The number of aryl methyl sites for hydroxylation is 1. The van der Waals surface area contributed by atoms with Gasteiger partial charge in [0.2, 0.25) is 0 Å². The number of aromatic nitrogens is 2. The van der Waals surface area contributed by atoms with Crippen molar-refractivity contribution < 1.29 is 19.4 Å². The summed E-state index contributed by atoms with van der Waals surface area (Å²) in [5.74, 6) is -1.22. The minimum absolute atomic E-state index is 0.0646. The van der Waals surface area contributed by atoms with Gasteiger partial charge in [-0.3, -0.25) is 9.36 Å². The zero-order chi connectivity index (χ0) is 16.6. The fraction of sp³-hybridized carbons (Fsp3) is 0.400. The average molecular weight is 335 g/mol. The molecule has 0 aliphatic carbocycles. The van der Waals surface area contributed by atoms with Crippen LogP contribution in [0, 0.1) is 13.8 Å². The molecule has 0 aromatic carbocycles. The van der Waals surface area contributed by atoms with Crippen molar-refractivity contribution in [3.05, 3.63) is 34.6 Å². The fourth-order valence-corrected chi connectivity index (χ4v) is 3.51. The molecule has 0 bridgehead atoms. The number of carbonyl (C=O) groups is 2. The number of rotatable bonds is 3. The van der Waals surface area contributed by atoms with Gasteiger partial charge in [0, 0.05) is 29.5 Å². The lowest BCUT2D eigenvalue weighted by Crippen LogP contribution is -2.48. The molecule has 122 valence electrons. The summed E-state index contributed by atoms with van der Waals surface area (Å²) in [6.45, 7) is 4.48. The van der Waals surface area contributed by atoms with Crippen LogP contribution in [0.15, 0.2) is 17.6 Å². The zero-order valence-electron chi connectivity index (χ0n) is 12.9. The normalized spacial score (nSPS) is 18.2. The average Bonchev–Trinajstić information content (AvgIpc) is 3.14. The van der Waals surface area contributed by atoms with Crippen LogP contribution >= 0.6 is 11.3 Å². The molecule has 0 saturated carbocycles. The molecule has 0 unspecified atom stereocenters. The summed E-state index contributed by atoms with van der Waals surface area (Å²) in [4.78, 5) is 29.7. The Morgan fingerprint density at radius 3 is 2.87 bits per heavy atom. The van der Waals surface area contributed by atoms with Gasteiger partial charge in [-0.1, -0.05) is 0 Å². The number of carboxylic acid groups (broad SMARTS) is 1. The Morgan fingerprint density at radius 2 is 2.22 bits per heavy atom. The highest BCUT2D eigenvalue weighted by Gasteiger charge is 2.31. The monoisotopic (exact) mass is 335 g/mol. The first-order valence-electron chi connectivity index (χ1n) is 7.21. The number of hydrogen-bond acceptors (Lipinski definition) is 5. The van der Waals surface area contributed by atoms with E-state index in [1.54, 1.807) is 6.20 Å². The topological polar surface area (TPSA) is 84.7 Å². The molecule has 3 rings (SSSR count). The molecule has 0 spiro atoms. The van der Waals surface area contributed by atoms with E-state index >= 15 is 0 Å². The Bertz CT molecular complexity index is 738. The van der Waals surface area contributed by atoms with Crippen molar-refractivity contribution in [1.29, 1.82) is 0 Å². The summed E-state index contributed by atoms with van der Waals surface area (Å²) in [6.07, 6.45) is 0.759. The van der Waals surface area contributed by atoms with Crippen molar-refractivity contribution in [2.45, 2.75) is 20.0 Å². The number of aliphatic carboxylic acids is 1. The van der Waals surface area contributed by atoms with Gasteiger partial charge in [-0.15, -0.1) is 11.3 Å². The molecule has 8 heteroatoms. The Morgan fingerprint density at radius 1 is 1.43 bits per heavy atom. The zero-order valence-corrected chi connectivity index (χ0v) is 13.7. The third-order valence-corrected chi connectivity index (χ3v) is 4.66. The largest absolute Gasteiger partial charge is 0.479 e. The van der Waals surface area contributed by atoms with Gasteiger partial charge in [0.05, 0.1) is 18.7 Å². The van der Waals surface area contributed by atoms with Crippen molar-refractivity contribution in [2.75, 3.05) is 19.7 Å². The van der Waals surface area contributed by atoms with Crippen LogP contribution in [-0.2, 0) is 9.53 Å². The Hall–Kier alpha value is -2.19. The van der Waals surface area contributed by atoms with E-state index in [9.17, 15) is 9.59 Å². The maximum absolute atomic E-state index is 12.8. The molecule has 2 aromatic heterocycles. The number of ether oxygens (including phenoxy) is 1. The van der Waals surface area contributed by atoms with E-state index in [2.05, 4.69) is 4.98 Å². The molecule has 1 saturated heterocycles. The van der Waals surface area contributed by atoms with Crippen molar-refractivity contribution in [2.24, 2.45) is 0 Å². The van der Waals surface area contributed by atoms with Gasteiger partial charge in [0.15, 0.2) is 11.2 Å². The molecule has 1 atom stereocenters. The molecule has 1 aliphatic heterocycles. The lowest BCUT2D eigenvalue weighted by Gasteiger charge is -2.30. The first kappa shape index (κ1) is 15.7. The molecule has 7 nitrogen and oxygen atoms in total. The number of morpholine rings is 1. The van der Waals surface area contributed by atoms with Crippen LogP contribution in [0.5, 0.6) is 0 Å².